The fraction of sp³-hybridized carbons (Fsp3) is 0.0526. The summed E-state index contributed by atoms with van der Waals surface area (Å²) in [6.45, 7) is 1.97. The zero-order valence-electron chi connectivity index (χ0n) is 13.7. The van der Waals surface area contributed by atoms with E-state index in [2.05, 4.69) is 10.2 Å². The molecule has 2 amide bonds. The van der Waals surface area contributed by atoms with Crippen LogP contribution in [0.3, 0.4) is 0 Å². The number of imide groups is 1. The van der Waals surface area contributed by atoms with Crippen LogP contribution in [0.25, 0.3) is 11.3 Å². The summed E-state index contributed by atoms with van der Waals surface area (Å²) in [6, 6.07) is 15.4. The average Bonchev–Trinajstić information content (AvgIpc) is 3.23. The SMILES string of the molecule is Cc1ccc(-c2cc(C(=O)ON3C(=O)c4ccccc4C3=O)[nH]n2)cc1. The number of H-pyrrole nitrogens is 1. The standard InChI is InChI=1S/C19H13N3O4/c1-11-6-8-12(9-7-11)15-10-16(21-20-15)19(25)26-22-17(23)13-4-2-3-5-14(13)18(22)24/h2-10H,1H3,(H,20,21). The smallest absolute Gasteiger partial charge is 0.323 e. The number of nitrogens with one attached hydrogen (secondary N) is 1. The molecule has 4 rings (SSSR count). The molecule has 0 atom stereocenters. The first kappa shape index (κ1) is 15.8. The van der Waals surface area contributed by atoms with Crippen molar-refractivity contribution in [3.05, 3.63) is 77.0 Å². The number of aromatic amines is 1. The Morgan fingerprint density at radius 1 is 1.00 bits per heavy atom. The van der Waals surface area contributed by atoms with Crippen LogP contribution in [-0.4, -0.2) is 33.0 Å². The molecule has 7 heteroatoms. The van der Waals surface area contributed by atoms with Gasteiger partial charge in [-0.15, -0.1) is 0 Å². The van der Waals surface area contributed by atoms with E-state index in [0.29, 0.717) is 10.8 Å². The van der Waals surface area contributed by atoms with Gasteiger partial charge >= 0.3 is 5.97 Å². The normalized spacial score (nSPS) is 13.0. The predicted octanol–water partition coefficient (Wildman–Crippen LogP) is 2.75. The van der Waals surface area contributed by atoms with Gasteiger partial charge in [0, 0.05) is 5.56 Å². The van der Waals surface area contributed by atoms with Crippen molar-refractivity contribution in [3.8, 4) is 11.3 Å². The maximum absolute atomic E-state index is 12.3. The molecule has 3 aromatic rings. The number of hydrogen-bond acceptors (Lipinski definition) is 5. The molecule has 0 saturated heterocycles. The first-order chi connectivity index (χ1) is 12.5. The Bertz CT molecular complexity index is 1000. The van der Waals surface area contributed by atoms with Crippen LogP contribution < -0.4 is 0 Å². The summed E-state index contributed by atoms with van der Waals surface area (Å²) in [5.74, 6) is -2.21. The number of benzene rings is 2. The molecule has 128 valence electrons. The summed E-state index contributed by atoms with van der Waals surface area (Å²) in [4.78, 5) is 41.8. The molecular weight excluding hydrogens is 334 g/mol. The lowest BCUT2D eigenvalue weighted by Crippen LogP contribution is -2.32. The second kappa shape index (κ2) is 5.96. The van der Waals surface area contributed by atoms with E-state index in [4.69, 9.17) is 4.84 Å². The first-order valence-electron chi connectivity index (χ1n) is 7.87. The molecule has 1 aliphatic heterocycles. The second-order valence-corrected chi connectivity index (χ2v) is 5.86. The molecule has 2 aromatic carbocycles. The molecule has 0 fully saturated rings. The van der Waals surface area contributed by atoms with Crippen molar-refractivity contribution < 1.29 is 19.2 Å². The number of nitrogens with zero attached hydrogens (tertiary/aromatic N) is 2. The van der Waals surface area contributed by atoms with Crippen LogP contribution in [0.2, 0.25) is 0 Å². The number of carbonyl (C=O) groups is 3. The molecular formula is C19H13N3O4. The van der Waals surface area contributed by atoms with Crippen LogP contribution >= 0.6 is 0 Å². The van der Waals surface area contributed by atoms with Crippen molar-refractivity contribution in [2.75, 3.05) is 0 Å². The van der Waals surface area contributed by atoms with Crippen LogP contribution in [0.1, 0.15) is 36.8 Å². The molecule has 0 radical (unpaired) electrons. The third kappa shape index (κ3) is 2.55. The minimum absolute atomic E-state index is 0.0390. The maximum atomic E-state index is 12.3. The van der Waals surface area contributed by atoms with E-state index in [1.807, 2.05) is 31.2 Å². The van der Waals surface area contributed by atoms with E-state index in [1.54, 1.807) is 12.1 Å². The van der Waals surface area contributed by atoms with Crippen LogP contribution in [-0.2, 0) is 4.84 Å². The zero-order chi connectivity index (χ0) is 18.3. The lowest BCUT2D eigenvalue weighted by Gasteiger charge is -2.11. The van der Waals surface area contributed by atoms with Gasteiger partial charge in [0.2, 0.25) is 0 Å². The number of aryl methyl sites for hydroxylation is 1. The van der Waals surface area contributed by atoms with E-state index in [0.717, 1.165) is 11.1 Å². The zero-order valence-corrected chi connectivity index (χ0v) is 13.7. The monoisotopic (exact) mass is 347 g/mol. The third-order valence-corrected chi connectivity index (χ3v) is 4.08. The van der Waals surface area contributed by atoms with E-state index in [9.17, 15) is 14.4 Å². The van der Waals surface area contributed by atoms with Crippen molar-refractivity contribution >= 4 is 17.8 Å². The lowest BCUT2D eigenvalue weighted by atomic mass is 10.1. The lowest BCUT2D eigenvalue weighted by molar-refractivity contribution is -0.0588. The van der Waals surface area contributed by atoms with Gasteiger partial charge in [-0.2, -0.15) is 5.10 Å². The molecule has 1 aliphatic rings. The van der Waals surface area contributed by atoms with E-state index in [1.165, 1.54) is 18.2 Å². The fourth-order valence-corrected chi connectivity index (χ4v) is 2.68. The molecule has 0 aliphatic carbocycles. The number of hydrogen-bond donors (Lipinski definition) is 1. The molecule has 0 spiro atoms. The molecule has 7 nitrogen and oxygen atoms in total. The number of fused-ring (bicyclic) bond motifs is 1. The molecule has 0 saturated carbocycles. The molecule has 0 bridgehead atoms. The highest BCUT2D eigenvalue weighted by molar-refractivity contribution is 6.21. The topological polar surface area (TPSA) is 92.4 Å². The van der Waals surface area contributed by atoms with Gasteiger partial charge in [-0.05, 0) is 25.1 Å². The molecule has 1 aromatic heterocycles. The summed E-state index contributed by atoms with van der Waals surface area (Å²) in [5, 5.41) is 7.12. The van der Waals surface area contributed by atoms with Gasteiger partial charge in [0.1, 0.15) is 5.69 Å². The Hall–Kier alpha value is -3.74. The van der Waals surface area contributed by atoms with Gasteiger partial charge in [0.25, 0.3) is 11.8 Å². The predicted molar refractivity (Wildman–Crippen MR) is 91.1 cm³/mol. The highest BCUT2D eigenvalue weighted by Gasteiger charge is 2.39. The van der Waals surface area contributed by atoms with Crippen LogP contribution in [0.5, 0.6) is 0 Å². The van der Waals surface area contributed by atoms with Crippen molar-refractivity contribution in [1.82, 2.24) is 15.3 Å². The third-order valence-electron chi connectivity index (χ3n) is 4.08. The largest absolute Gasteiger partial charge is 0.381 e. The van der Waals surface area contributed by atoms with Crippen molar-refractivity contribution in [1.29, 1.82) is 0 Å². The van der Waals surface area contributed by atoms with Crippen LogP contribution in [0.15, 0.2) is 54.6 Å². The van der Waals surface area contributed by atoms with E-state index < -0.39 is 17.8 Å². The van der Waals surface area contributed by atoms with E-state index in [-0.39, 0.29) is 16.8 Å². The summed E-state index contributed by atoms with van der Waals surface area (Å²) in [6.07, 6.45) is 0. The van der Waals surface area contributed by atoms with Gasteiger partial charge in [-0.25, -0.2) is 4.79 Å². The van der Waals surface area contributed by atoms with Gasteiger partial charge in [0.05, 0.1) is 16.8 Å². The second-order valence-electron chi connectivity index (χ2n) is 5.86. The highest BCUT2D eigenvalue weighted by Crippen LogP contribution is 2.24. The molecule has 2 heterocycles. The minimum Gasteiger partial charge on any atom is -0.323 e. The average molecular weight is 347 g/mol. The van der Waals surface area contributed by atoms with Crippen molar-refractivity contribution in [2.24, 2.45) is 0 Å². The van der Waals surface area contributed by atoms with Crippen LogP contribution in [0, 0.1) is 6.92 Å². The number of rotatable bonds is 3. The number of aromatic nitrogens is 2. The van der Waals surface area contributed by atoms with E-state index >= 15 is 0 Å². The molecule has 26 heavy (non-hydrogen) atoms. The van der Waals surface area contributed by atoms with Gasteiger partial charge in [-0.3, -0.25) is 14.7 Å². The van der Waals surface area contributed by atoms with Crippen molar-refractivity contribution in [3.63, 3.8) is 0 Å². The fourth-order valence-electron chi connectivity index (χ4n) is 2.68. The minimum atomic E-state index is -0.870. The Labute approximate surface area is 148 Å². The Balaban J connectivity index is 1.54. The first-order valence-corrected chi connectivity index (χ1v) is 7.87. The molecule has 0 unspecified atom stereocenters. The quantitative estimate of drug-likeness (QED) is 0.736. The van der Waals surface area contributed by atoms with Crippen LogP contribution in [0.4, 0.5) is 0 Å². The Morgan fingerprint density at radius 3 is 2.23 bits per heavy atom. The Kier molecular flexibility index (Phi) is 3.62. The van der Waals surface area contributed by atoms with Crippen molar-refractivity contribution in [2.45, 2.75) is 6.92 Å². The van der Waals surface area contributed by atoms with Gasteiger partial charge < -0.3 is 4.84 Å². The molecule has 1 N–H and O–H groups in total. The number of amides is 2. The number of hydroxylamine groups is 2. The maximum Gasteiger partial charge on any atom is 0.381 e. The number of carbonyl (C=O) groups excluding carboxylic acids is 3. The summed E-state index contributed by atoms with van der Waals surface area (Å²) in [7, 11) is 0. The summed E-state index contributed by atoms with van der Waals surface area (Å²) >= 11 is 0. The Morgan fingerprint density at radius 2 is 1.62 bits per heavy atom. The summed E-state index contributed by atoms with van der Waals surface area (Å²) in [5.41, 5.74) is 2.93. The van der Waals surface area contributed by atoms with Gasteiger partial charge in [-0.1, -0.05) is 47.0 Å². The highest BCUT2D eigenvalue weighted by atomic mass is 16.7. The van der Waals surface area contributed by atoms with Gasteiger partial charge in [0.15, 0.2) is 0 Å². The summed E-state index contributed by atoms with van der Waals surface area (Å²) < 4.78 is 0.